The van der Waals surface area contributed by atoms with Gasteiger partial charge in [-0.2, -0.15) is 0 Å². The second kappa shape index (κ2) is 19.7. The third-order valence-electron chi connectivity index (χ3n) is 4.91. The van der Waals surface area contributed by atoms with E-state index in [4.69, 9.17) is 14.0 Å². The van der Waals surface area contributed by atoms with Gasteiger partial charge in [0.2, 0.25) is 0 Å². The van der Waals surface area contributed by atoms with Crippen LogP contribution in [0, 0.1) is 5.92 Å². The molecule has 2 aromatic carbocycles. The third kappa shape index (κ3) is 14.4. The van der Waals surface area contributed by atoms with Gasteiger partial charge in [0.1, 0.15) is 12.6 Å². The van der Waals surface area contributed by atoms with E-state index >= 15 is 0 Å². The molecule has 0 saturated carbocycles. The van der Waals surface area contributed by atoms with Gasteiger partial charge in [0.25, 0.3) is 0 Å². The van der Waals surface area contributed by atoms with E-state index in [9.17, 15) is 14.7 Å². The fourth-order valence-electron chi connectivity index (χ4n) is 2.87. The Balaban J connectivity index is 0.000000261. The van der Waals surface area contributed by atoms with Gasteiger partial charge >= 0.3 is 7.32 Å². The molecular formula is C27H37BO6. The van der Waals surface area contributed by atoms with Crippen LogP contribution in [0.15, 0.2) is 73.0 Å². The molecular weight excluding hydrogens is 431 g/mol. The maximum atomic E-state index is 10.4. The topological polar surface area (TPSA) is 82.1 Å². The summed E-state index contributed by atoms with van der Waals surface area (Å²) in [5, 5.41) is 9.55. The van der Waals surface area contributed by atoms with Crippen LogP contribution in [-0.4, -0.2) is 44.3 Å². The number of benzene rings is 2. The first-order chi connectivity index (χ1) is 16.6. The highest BCUT2D eigenvalue weighted by atomic mass is 16.7. The lowest BCUT2D eigenvalue weighted by atomic mass is 9.99. The zero-order valence-electron chi connectivity index (χ0n) is 20.3. The summed E-state index contributed by atoms with van der Waals surface area (Å²) in [7, 11) is -0.482. The minimum absolute atomic E-state index is 0.265. The molecule has 0 amide bonds. The highest BCUT2D eigenvalue weighted by Gasteiger charge is 2.24. The molecule has 0 aromatic heterocycles. The Bertz CT molecular complexity index is 778. The second-order valence-electron chi connectivity index (χ2n) is 7.77. The normalized spacial score (nSPS) is 14.6. The molecule has 34 heavy (non-hydrogen) atoms. The maximum Gasteiger partial charge on any atom is 0.712 e. The number of carbonyl (C=O) groups is 2. The van der Waals surface area contributed by atoms with Crippen molar-refractivity contribution in [3.05, 3.63) is 84.1 Å². The molecule has 1 fully saturated rings. The number of aliphatic hydroxyl groups excluding tert-OH is 1. The maximum absolute atomic E-state index is 10.4. The number of carbonyl (C=O) groups excluding carboxylic acids is 2. The van der Waals surface area contributed by atoms with Crippen molar-refractivity contribution >= 4 is 19.9 Å². The van der Waals surface area contributed by atoms with Gasteiger partial charge in [-0.3, -0.25) is 0 Å². The van der Waals surface area contributed by atoms with Crippen LogP contribution >= 0.6 is 0 Å². The van der Waals surface area contributed by atoms with E-state index in [1.54, 1.807) is 19.3 Å². The van der Waals surface area contributed by atoms with Crippen LogP contribution in [-0.2, 0) is 36.4 Å². The molecule has 1 N–H and O–H groups in total. The first-order valence-corrected chi connectivity index (χ1v) is 11.7. The molecule has 1 aliphatic rings. The van der Waals surface area contributed by atoms with Crippen molar-refractivity contribution in [2.75, 3.05) is 13.2 Å². The van der Waals surface area contributed by atoms with E-state index in [2.05, 4.69) is 0 Å². The standard InChI is InChI=1S/C12H16O2.C9H10O.C6H11BO3/c1-10(9-13)12(14)8-7-11-5-3-2-4-6-11;10-8-4-7-9-5-2-1-3-6-9;1-2-4-8-7-9-5-3-6-10-7/h2-6,9-10,12,14H,7-8H2,1H3;1-3,5-6,8H,4,7H2;2,4H,3,5-6H2,1H3/b;;4-2+. The number of aryl methyl sites for hydroxylation is 2. The Hall–Kier alpha value is -2.74. The summed E-state index contributed by atoms with van der Waals surface area (Å²) in [5.41, 5.74) is 2.43. The quantitative estimate of drug-likeness (QED) is 0.312. The van der Waals surface area contributed by atoms with Crippen LogP contribution in [0.5, 0.6) is 0 Å². The van der Waals surface area contributed by atoms with Crippen LogP contribution in [0.1, 0.15) is 44.2 Å². The van der Waals surface area contributed by atoms with Gasteiger partial charge in [-0.25, -0.2) is 0 Å². The Morgan fingerprint density at radius 3 is 2.03 bits per heavy atom. The molecule has 184 valence electrons. The Kier molecular flexibility index (Phi) is 17.0. The molecule has 0 aliphatic carbocycles. The van der Waals surface area contributed by atoms with Crippen molar-refractivity contribution < 1.29 is 28.7 Å². The molecule has 0 radical (unpaired) electrons. The van der Waals surface area contributed by atoms with E-state index in [-0.39, 0.29) is 5.92 Å². The first-order valence-electron chi connectivity index (χ1n) is 11.7. The Morgan fingerprint density at radius 2 is 1.53 bits per heavy atom. The van der Waals surface area contributed by atoms with Crippen LogP contribution in [0.4, 0.5) is 0 Å². The molecule has 0 bridgehead atoms. The van der Waals surface area contributed by atoms with Gasteiger partial charge in [0.05, 0.1) is 12.4 Å². The Morgan fingerprint density at radius 1 is 0.971 bits per heavy atom. The highest BCUT2D eigenvalue weighted by Crippen LogP contribution is 2.09. The molecule has 2 atom stereocenters. The molecule has 3 rings (SSSR count). The van der Waals surface area contributed by atoms with Gasteiger partial charge < -0.3 is 28.7 Å². The zero-order chi connectivity index (χ0) is 24.9. The summed E-state index contributed by atoms with van der Waals surface area (Å²) in [6, 6.07) is 20.0. The first kappa shape index (κ1) is 29.3. The number of aliphatic hydroxyl groups is 1. The summed E-state index contributed by atoms with van der Waals surface area (Å²) in [6.45, 7) is 5.07. The van der Waals surface area contributed by atoms with Crippen molar-refractivity contribution in [1.82, 2.24) is 0 Å². The number of hydrogen-bond acceptors (Lipinski definition) is 6. The predicted molar refractivity (Wildman–Crippen MR) is 135 cm³/mol. The van der Waals surface area contributed by atoms with Crippen LogP contribution in [0.25, 0.3) is 0 Å². The van der Waals surface area contributed by atoms with Crippen molar-refractivity contribution in [3.63, 3.8) is 0 Å². The van der Waals surface area contributed by atoms with Crippen molar-refractivity contribution in [2.24, 2.45) is 5.92 Å². The number of hydrogen-bond donors (Lipinski definition) is 1. The number of aldehydes is 2. The van der Waals surface area contributed by atoms with Gasteiger partial charge in [-0.05, 0) is 43.7 Å². The highest BCUT2D eigenvalue weighted by molar-refractivity contribution is 6.36. The SMILES string of the molecule is C/C=C/OB1OCCCO1.CC(C=O)C(O)CCc1ccccc1.O=CCCc1ccccc1. The van der Waals surface area contributed by atoms with Gasteiger partial charge in [-0.1, -0.05) is 73.7 Å². The Labute approximate surface area is 204 Å². The van der Waals surface area contributed by atoms with E-state index < -0.39 is 13.4 Å². The fourth-order valence-corrected chi connectivity index (χ4v) is 2.87. The van der Waals surface area contributed by atoms with Crippen molar-refractivity contribution in [1.29, 1.82) is 0 Å². The van der Waals surface area contributed by atoms with Crippen LogP contribution in [0.2, 0.25) is 0 Å². The van der Waals surface area contributed by atoms with Gasteiger partial charge in [-0.15, -0.1) is 0 Å². The molecule has 2 aromatic rings. The zero-order valence-corrected chi connectivity index (χ0v) is 20.3. The van der Waals surface area contributed by atoms with Crippen molar-refractivity contribution in [3.8, 4) is 0 Å². The molecule has 1 saturated heterocycles. The summed E-state index contributed by atoms with van der Waals surface area (Å²) in [6.07, 6.45) is 8.50. The average molecular weight is 468 g/mol. The third-order valence-corrected chi connectivity index (χ3v) is 4.91. The summed E-state index contributed by atoms with van der Waals surface area (Å²) in [5.74, 6) is -0.265. The van der Waals surface area contributed by atoms with Crippen LogP contribution in [0.3, 0.4) is 0 Å². The minimum atomic E-state index is -0.521. The lowest BCUT2D eigenvalue weighted by Gasteiger charge is -2.16. The van der Waals surface area contributed by atoms with E-state index in [1.807, 2.05) is 67.6 Å². The number of allylic oxidation sites excluding steroid dienone is 1. The van der Waals surface area contributed by atoms with E-state index in [0.29, 0.717) is 12.8 Å². The molecule has 1 heterocycles. The number of rotatable bonds is 10. The van der Waals surface area contributed by atoms with Crippen molar-refractivity contribution in [2.45, 2.75) is 52.1 Å². The van der Waals surface area contributed by atoms with Crippen LogP contribution < -0.4 is 0 Å². The summed E-state index contributed by atoms with van der Waals surface area (Å²) in [4.78, 5) is 20.4. The average Bonchev–Trinajstić information content (AvgIpc) is 2.91. The van der Waals surface area contributed by atoms with E-state index in [0.717, 1.165) is 45.0 Å². The monoisotopic (exact) mass is 468 g/mol. The predicted octanol–water partition coefficient (Wildman–Crippen LogP) is 4.59. The lowest BCUT2D eigenvalue weighted by molar-refractivity contribution is -0.113. The minimum Gasteiger partial charge on any atom is -0.518 e. The fraction of sp³-hybridized carbons (Fsp3) is 0.407. The summed E-state index contributed by atoms with van der Waals surface area (Å²) >= 11 is 0. The van der Waals surface area contributed by atoms with Gasteiger partial charge in [0.15, 0.2) is 0 Å². The molecule has 2 unspecified atom stereocenters. The molecule has 7 heteroatoms. The largest absolute Gasteiger partial charge is 0.712 e. The lowest BCUT2D eigenvalue weighted by Crippen LogP contribution is -2.31. The smallest absolute Gasteiger partial charge is 0.518 e. The molecule has 0 spiro atoms. The summed E-state index contributed by atoms with van der Waals surface area (Å²) < 4.78 is 15.2. The second-order valence-corrected chi connectivity index (χ2v) is 7.77. The van der Waals surface area contributed by atoms with E-state index in [1.165, 1.54) is 11.1 Å². The molecule has 6 nitrogen and oxygen atoms in total. The van der Waals surface area contributed by atoms with Gasteiger partial charge in [0, 0.05) is 25.6 Å². The molecule has 1 aliphatic heterocycles.